The molecule has 12 heteroatoms. The number of aliphatic hydroxyl groups is 1. The highest BCUT2D eigenvalue weighted by Crippen LogP contribution is 2.35. The van der Waals surface area contributed by atoms with Crippen LogP contribution in [0, 0.1) is 29.1 Å². The van der Waals surface area contributed by atoms with Crippen molar-refractivity contribution in [1.29, 1.82) is 0 Å². The molecule has 0 aromatic rings. The van der Waals surface area contributed by atoms with Crippen molar-refractivity contribution in [3.8, 4) is 0 Å². The molecule has 1 saturated heterocycles. The van der Waals surface area contributed by atoms with E-state index in [4.69, 9.17) is 5.73 Å². The van der Waals surface area contributed by atoms with Crippen LogP contribution in [-0.4, -0.2) is 81.7 Å². The van der Waals surface area contributed by atoms with E-state index in [0.717, 1.165) is 12.8 Å². The summed E-state index contributed by atoms with van der Waals surface area (Å²) >= 11 is 0. The lowest BCUT2D eigenvalue weighted by molar-refractivity contribution is -0.145. The van der Waals surface area contributed by atoms with E-state index in [0.29, 0.717) is 25.8 Å². The van der Waals surface area contributed by atoms with Gasteiger partial charge in [0.15, 0.2) is 6.35 Å². The molecule has 0 spiro atoms. The second-order valence-electron chi connectivity index (χ2n) is 13.0. The molecule has 0 bridgehead atoms. The zero-order chi connectivity index (χ0) is 30.5. The Morgan fingerprint density at radius 1 is 1.05 bits per heavy atom. The van der Waals surface area contributed by atoms with E-state index >= 15 is 0 Å². The molecule has 1 aliphatic carbocycles. The molecule has 0 aromatic heterocycles. The van der Waals surface area contributed by atoms with Gasteiger partial charge in [0.1, 0.15) is 12.1 Å². The van der Waals surface area contributed by atoms with E-state index in [-0.39, 0.29) is 23.7 Å². The number of likely N-dealkylation sites (tertiary alicyclic amines) is 1. The molecule has 3 amide bonds. The summed E-state index contributed by atoms with van der Waals surface area (Å²) < 4.78 is 0. The molecule has 12 nitrogen and oxygen atoms in total. The Hall–Kier alpha value is -2.57. The Bertz CT molecular complexity index is 946. The average Bonchev–Trinajstić information content (AvgIpc) is 3.56. The molecule has 2 unspecified atom stereocenters. The van der Waals surface area contributed by atoms with Gasteiger partial charge in [-0.3, -0.25) is 34.6 Å². The van der Waals surface area contributed by atoms with Crippen LogP contribution < -0.4 is 21.7 Å². The second kappa shape index (κ2) is 13.9. The predicted octanol–water partition coefficient (Wildman–Crippen LogP) is 0.568. The number of carboxylic acids is 1. The standard InChI is InChI=1S/C28H49N5O7/c1-8-15(4)20(26(38)39)31-27(40)32-22(28(5,6)7)25(37)33-13-17(14(2)3)12-19(33)24(36)30-18(11-16-9-10-16)21(34)23(29)35/h14-20,22,27,31-32,40H,8-13H2,1-7H3,(H2,29,35)(H,30,36)(H,38,39)/t15-,17+,18?,19-,20-,22+,27?/m0/s1. The van der Waals surface area contributed by atoms with Gasteiger partial charge < -0.3 is 26.2 Å². The van der Waals surface area contributed by atoms with Gasteiger partial charge in [0.25, 0.3) is 5.91 Å². The van der Waals surface area contributed by atoms with Crippen LogP contribution in [0.1, 0.15) is 80.6 Å². The summed E-state index contributed by atoms with van der Waals surface area (Å²) in [6.45, 7) is 13.3. The Balaban J connectivity index is 2.29. The molecule has 2 rings (SSSR count). The lowest BCUT2D eigenvalue weighted by Gasteiger charge is -2.37. The van der Waals surface area contributed by atoms with Gasteiger partial charge in [0.05, 0.1) is 12.1 Å². The molecule has 7 N–H and O–H groups in total. The third-order valence-corrected chi connectivity index (χ3v) is 8.26. The van der Waals surface area contributed by atoms with E-state index in [1.165, 1.54) is 4.90 Å². The molecule has 1 aliphatic heterocycles. The number of carbonyl (C=O) groups excluding carboxylic acids is 4. The third kappa shape index (κ3) is 8.97. The number of rotatable bonds is 15. The van der Waals surface area contributed by atoms with Gasteiger partial charge >= 0.3 is 5.97 Å². The zero-order valence-electron chi connectivity index (χ0n) is 24.9. The van der Waals surface area contributed by atoms with Crippen molar-refractivity contribution in [2.45, 2.75) is 111 Å². The average molecular weight is 568 g/mol. The summed E-state index contributed by atoms with van der Waals surface area (Å²) in [5.41, 5.74) is 4.51. The summed E-state index contributed by atoms with van der Waals surface area (Å²) in [5.74, 6) is -3.87. The monoisotopic (exact) mass is 567 g/mol. The SMILES string of the molecule is CC[C@H](C)[C@H](NC(O)N[C@H](C(=O)N1C[C@H](C(C)C)C[C@H]1C(=O)NC(CC1CC1)C(=O)C(N)=O)C(C)(C)C)C(=O)O. The van der Waals surface area contributed by atoms with Gasteiger partial charge in [0.2, 0.25) is 17.6 Å². The fourth-order valence-corrected chi connectivity index (χ4v) is 5.15. The van der Waals surface area contributed by atoms with Crippen LogP contribution in [0.4, 0.5) is 0 Å². The molecule has 2 aliphatic rings. The summed E-state index contributed by atoms with van der Waals surface area (Å²) in [6, 6.07) is -3.93. The molecular formula is C28H49N5O7. The highest BCUT2D eigenvalue weighted by Gasteiger charge is 2.46. The van der Waals surface area contributed by atoms with Gasteiger partial charge in [-0.2, -0.15) is 0 Å². The number of carboxylic acid groups (broad SMARTS) is 1. The van der Waals surface area contributed by atoms with Gasteiger partial charge in [-0.25, -0.2) is 0 Å². The van der Waals surface area contributed by atoms with E-state index < -0.39 is 65.4 Å². The number of ketones is 1. The Morgan fingerprint density at radius 3 is 2.10 bits per heavy atom. The number of nitrogens with zero attached hydrogens (tertiary/aromatic N) is 1. The lowest BCUT2D eigenvalue weighted by atomic mass is 9.85. The van der Waals surface area contributed by atoms with Crippen molar-refractivity contribution in [3.63, 3.8) is 0 Å². The maximum absolute atomic E-state index is 14.0. The first kappa shape index (κ1) is 33.6. The molecule has 40 heavy (non-hydrogen) atoms. The van der Waals surface area contributed by atoms with Crippen LogP contribution in [0.3, 0.4) is 0 Å². The quantitative estimate of drug-likeness (QED) is 0.121. The summed E-state index contributed by atoms with van der Waals surface area (Å²) in [5, 5.41) is 28.6. The molecule has 2 fully saturated rings. The number of hydrogen-bond acceptors (Lipinski definition) is 8. The second-order valence-corrected chi connectivity index (χ2v) is 13.0. The van der Waals surface area contributed by atoms with Crippen LogP contribution in [0.2, 0.25) is 0 Å². The molecular weight excluding hydrogens is 518 g/mol. The number of nitrogens with one attached hydrogen (secondary N) is 3. The Morgan fingerprint density at radius 2 is 1.65 bits per heavy atom. The van der Waals surface area contributed by atoms with E-state index in [2.05, 4.69) is 16.0 Å². The zero-order valence-corrected chi connectivity index (χ0v) is 24.9. The van der Waals surface area contributed by atoms with Crippen molar-refractivity contribution < 1.29 is 34.2 Å². The smallest absolute Gasteiger partial charge is 0.321 e. The lowest BCUT2D eigenvalue weighted by Crippen LogP contribution is -2.63. The van der Waals surface area contributed by atoms with Crippen LogP contribution in [-0.2, 0) is 24.0 Å². The van der Waals surface area contributed by atoms with Crippen molar-refractivity contribution in [3.05, 3.63) is 0 Å². The van der Waals surface area contributed by atoms with E-state index in [1.807, 2.05) is 20.8 Å². The number of amides is 3. The Labute approximate surface area is 237 Å². The molecule has 0 radical (unpaired) electrons. The van der Waals surface area contributed by atoms with Crippen LogP contribution >= 0.6 is 0 Å². The van der Waals surface area contributed by atoms with Crippen molar-refractivity contribution in [2.75, 3.05) is 6.54 Å². The van der Waals surface area contributed by atoms with Gasteiger partial charge in [-0.15, -0.1) is 0 Å². The molecule has 0 aromatic carbocycles. The van der Waals surface area contributed by atoms with Crippen LogP contribution in [0.25, 0.3) is 0 Å². The van der Waals surface area contributed by atoms with Crippen LogP contribution in [0.15, 0.2) is 0 Å². The minimum Gasteiger partial charge on any atom is -0.480 e. The highest BCUT2D eigenvalue weighted by molar-refractivity contribution is 6.37. The number of hydrogen-bond donors (Lipinski definition) is 6. The number of Topliss-reactive ketones (excluding diaryl/α,β-unsaturated/α-hetero) is 1. The largest absolute Gasteiger partial charge is 0.480 e. The number of primary amides is 1. The first-order chi connectivity index (χ1) is 18.5. The van der Waals surface area contributed by atoms with Gasteiger partial charge in [0, 0.05) is 6.54 Å². The van der Waals surface area contributed by atoms with Gasteiger partial charge in [-0.1, -0.05) is 67.7 Å². The summed E-state index contributed by atoms with van der Waals surface area (Å²) in [7, 11) is 0. The topological polar surface area (TPSA) is 191 Å². The fourth-order valence-electron chi connectivity index (χ4n) is 5.15. The van der Waals surface area contributed by atoms with E-state index in [1.54, 1.807) is 27.7 Å². The van der Waals surface area contributed by atoms with Gasteiger partial charge in [-0.05, 0) is 41.9 Å². The van der Waals surface area contributed by atoms with Crippen molar-refractivity contribution in [1.82, 2.24) is 20.9 Å². The number of aliphatic carboxylic acids is 1. The number of nitrogens with two attached hydrogens (primary N) is 1. The highest BCUT2D eigenvalue weighted by atomic mass is 16.4. The Kier molecular flexibility index (Phi) is 11.7. The molecule has 1 saturated carbocycles. The van der Waals surface area contributed by atoms with Crippen molar-refractivity contribution in [2.24, 2.45) is 34.8 Å². The maximum Gasteiger partial charge on any atom is 0.321 e. The van der Waals surface area contributed by atoms with E-state index in [9.17, 15) is 34.2 Å². The maximum atomic E-state index is 14.0. The normalized spacial score (nSPS) is 23.3. The summed E-state index contributed by atoms with van der Waals surface area (Å²) in [6.07, 6.45) is 1.60. The van der Waals surface area contributed by atoms with Crippen molar-refractivity contribution >= 4 is 29.5 Å². The molecule has 228 valence electrons. The fraction of sp³-hybridized carbons (Fsp3) is 0.821. The number of aliphatic hydroxyl groups excluding tert-OH is 1. The summed E-state index contributed by atoms with van der Waals surface area (Å²) in [4.78, 5) is 64.9. The first-order valence-electron chi connectivity index (χ1n) is 14.3. The third-order valence-electron chi connectivity index (χ3n) is 8.26. The predicted molar refractivity (Wildman–Crippen MR) is 148 cm³/mol. The van der Waals surface area contributed by atoms with Crippen LogP contribution in [0.5, 0.6) is 0 Å². The first-order valence-corrected chi connectivity index (χ1v) is 14.3. The number of carbonyl (C=O) groups is 5. The minimum atomic E-state index is -1.50. The minimum absolute atomic E-state index is 0.0129. The molecule has 1 heterocycles. The molecule has 7 atom stereocenters.